The highest BCUT2D eigenvalue weighted by molar-refractivity contribution is 6.00. The van der Waals surface area contributed by atoms with E-state index in [1.807, 2.05) is 12.1 Å². The van der Waals surface area contributed by atoms with E-state index in [1.54, 1.807) is 82.5 Å². The Labute approximate surface area is 274 Å². The number of methoxy groups -OCH3 is 3. The minimum absolute atomic E-state index is 0.0441. The van der Waals surface area contributed by atoms with Gasteiger partial charge in [-0.1, -0.05) is 30.3 Å². The first-order valence-electron chi connectivity index (χ1n) is 15.1. The van der Waals surface area contributed by atoms with Crippen molar-refractivity contribution in [3.63, 3.8) is 0 Å². The molecule has 2 aliphatic rings. The molecule has 0 unspecified atom stereocenters. The molecule has 0 fully saturated rings. The molecule has 3 aromatic rings. The van der Waals surface area contributed by atoms with Crippen molar-refractivity contribution in [1.82, 2.24) is 16.0 Å². The smallest absolute Gasteiger partial charge is 0.409 e. The Hall–Kier alpha value is -5.26. The zero-order chi connectivity index (χ0) is 34.1. The van der Waals surface area contributed by atoms with Crippen LogP contribution in [-0.2, 0) is 43.1 Å². The van der Waals surface area contributed by atoms with Gasteiger partial charge in [-0.3, -0.25) is 14.4 Å². The van der Waals surface area contributed by atoms with Gasteiger partial charge in [0, 0.05) is 12.8 Å². The van der Waals surface area contributed by atoms with Crippen LogP contribution in [0.15, 0.2) is 66.7 Å². The van der Waals surface area contributed by atoms with Gasteiger partial charge in [-0.25, -0.2) is 4.79 Å². The summed E-state index contributed by atoms with van der Waals surface area (Å²) in [5.74, 6) is -1.42. The number of rotatable bonds is 6. The largest absolute Gasteiger partial charge is 0.497 e. The van der Waals surface area contributed by atoms with Crippen molar-refractivity contribution in [1.29, 1.82) is 0 Å². The second-order valence-electron chi connectivity index (χ2n) is 12.0. The van der Waals surface area contributed by atoms with Gasteiger partial charge in [0.1, 0.15) is 35.2 Å². The lowest BCUT2D eigenvalue weighted by molar-refractivity contribution is -0.150. The zero-order valence-corrected chi connectivity index (χ0v) is 27.4. The number of esters is 1. The van der Waals surface area contributed by atoms with Gasteiger partial charge in [0.05, 0.1) is 21.3 Å². The maximum absolute atomic E-state index is 13.9. The molecule has 250 valence electrons. The SMILES string of the molecule is COC(=O)[C@H]1Cc2ccc(OC)c(c2)Oc2ccc(cc2)C[C@H](NC(=O)OC(C)(C)C)NC(=O)[C@@H](Cc2ccc(OC)cc2)NC1=O. The third-order valence-electron chi connectivity index (χ3n) is 7.30. The highest BCUT2D eigenvalue weighted by Crippen LogP contribution is 2.33. The van der Waals surface area contributed by atoms with Crippen LogP contribution < -0.4 is 30.2 Å². The fraction of sp³-hybridized carbons (Fsp3) is 0.371. The Morgan fingerprint density at radius 1 is 0.851 bits per heavy atom. The molecule has 12 nitrogen and oxygen atoms in total. The number of carbonyl (C=O) groups excluding carboxylic acids is 4. The summed E-state index contributed by atoms with van der Waals surface area (Å²) < 4.78 is 27.3. The zero-order valence-electron chi connectivity index (χ0n) is 27.4. The average molecular weight is 648 g/mol. The predicted octanol–water partition coefficient (Wildman–Crippen LogP) is 4.08. The first-order valence-corrected chi connectivity index (χ1v) is 15.1. The number of carbonyl (C=O) groups is 4. The van der Waals surface area contributed by atoms with Crippen molar-refractivity contribution in [3.05, 3.63) is 83.4 Å². The van der Waals surface area contributed by atoms with Crippen LogP contribution in [0.4, 0.5) is 4.79 Å². The molecule has 2 aliphatic heterocycles. The van der Waals surface area contributed by atoms with E-state index in [1.165, 1.54) is 14.2 Å². The van der Waals surface area contributed by atoms with Crippen LogP contribution in [0.3, 0.4) is 0 Å². The fourth-order valence-electron chi connectivity index (χ4n) is 4.98. The summed E-state index contributed by atoms with van der Waals surface area (Å²) in [4.78, 5) is 53.5. The summed E-state index contributed by atoms with van der Waals surface area (Å²) in [6.07, 6.45) is -1.46. The molecule has 0 saturated carbocycles. The fourth-order valence-corrected chi connectivity index (χ4v) is 4.98. The standard InChI is InChI=1S/C35H41N3O9/c1-35(2,3)47-34(42)38-30-20-22-9-14-25(15-10-22)46-29-19-23(11-16-28(29)44-5)17-26(33(41)45-6)31(39)36-27(32(40)37-30)18-21-7-12-24(43-4)13-8-21/h7-16,19,26-27,30H,17-18,20H2,1-6H3,(H,36,39)(H,37,40)(H,38,42)/t26-,27+,30-/m0/s1. The highest BCUT2D eigenvalue weighted by Gasteiger charge is 2.33. The molecule has 0 radical (unpaired) electrons. The number of alkyl carbamates (subject to hydrolysis) is 1. The maximum atomic E-state index is 13.9. The number of nitrogens with one attached hydrogen (secondary N) is 3. The number of ether oxygens (including phenoxy) is 5. The summed E-state index contributed by atoms with van der Waals surface area (Å²) in [5.41, 5.74) is 1.31. The van der Waals surface area contributed by atoms with Crippen LogP contribution >= 0.6 is 0 Å². The molecule has 0 spiro atoms. The molecule has 3 aromatic carbocycles. The summed E-state index contributed by atoms with van der Waals surface area (Å²) in [6.45, 7) is 5.19. The summed E-state index contributed by atoms with van der Waals surface area (Å²) in [6, 6.07) is 18.1. The van der Waals surface area contributed by atoms with E-state index in [4.69, 9.17) is 23.7 Å². The van der Waals surface area contributed by atoms with Crippen molar-refractivity contribution >= 4 is 23.9 Å². The molecule has 5 rings (SSSR count). The Kier molecular flexibility index (Phi) is 11.3. The Morgan fingerprint density at radius 3 is 2.15 bits per heavy atom. The Morgan fingerprint density at radius 2 is 1.53 bits per heavy atom. The minimum Gasteiger partial charge on any atom is -0.497 e. The minimum atomic E-state index is -1.29. The number of hydrogen-bond acceptors (Lipinski definition) is 9. The molecule has 0 aliphatic carbocycles. The third-order valence-corrected chi connectivity index (χ3v) is 7.30. The first kappa shape index (κ1) is 34.6. The maximum Gasteiger partial charge on any atom is 0.409 e. The average Bonchev–Trinajstić information content (AvgIpc) is 3.03. The van der Waals surface area contributed by atoms with E-state index in [0.717, 1.165) is 11.1 Å². The van der Waals surface area contributed by atoms with Crippen molar-refractivity contribution in [2.24, 2.45) is 5.92 Å². The third kappa shape index (κ3) is 9.86. The van der Waals surface area contributed by atoms with E-state index in [2.05, 4.69) is 16.0 Å². The first-order chi connectivity index (χ1) is 22.4. The number of fused-ring (bicyclic) bond motifs is 10. The number of hydrogen-bond donors (Lipinski definition) is 3. The van der Waals surface area contributed by atoms with Crippen LogP contribution in [0.1, 0.15) is 37.5 Å². The molecule has 4 bridgehead atoms. The molecule has 3 amide bonds. The van der Waals surface area contributed by atoms with Gasteiger partial charge in [-0.2, -0.15) is 0 Å². The molecule has 12 heteroatoms. The van der Waals surface area contributed by atoms with Crippen LogP contribution in [-0.4, -0.2) is 63.0 Å². The summed E-state index contributed by atoms with van der Waals surface area (Å²) >= 11 is 0. The number of benzene rings is 3. The normalized spacial score (nSPS) is 18.5. The van der Waals surface area contributed by atoms with Crippen LogP contribution in [0.25, 0.3) is 0 Å². The van der Waals surface area contributed by atoms with Crippen molar-refractivity contribution in [3.8, 4) is 23.0 Å². The molecule has 0 saturated heterocycles. The lowest BCUT2D eigenvalue weighted by atomic mass is 9.96. The molecule has 3 atom stereocenters. The van der Waals surface area contributed by atoms with Crippen LogP contribution in [0.2, 0.25) is 0 Å². The van der Waals surface area contributed by atoms with Gasteiger partial charge < -0.3 is 39.6 Å². The van der Waals surface area contributed by atoms with E-state index < -0.39 is 47.6 Å². The van der Waals surface area contributed by atoms with E-state index in [9.17, 15) is 19.2 Å². The van der Waals surface area contributed by atoms with Gasteiger partial charge in [0.25, 0.3) is 0 Å². The van der Waals surface area contributed by atoms with Crippen LogP contribution in [0.5, 0.6) is 23.0 Å². The molecular weight excluding hydrogens is 606 g/mol. The van der Waals surface area contributed by atoms with Crippen molar-refractivity contribution in [2.45, 2.75) is 57.8 Å². The van der Waals surface area contributed by atoms with Gasteiger partial charge >= 0.3 is 12.1 Å². The van der Waals surface area contributed by atoms with Crippen LogP contribution in [0, 0.1) is 5.92 Å². The topological polar surface area (TPSA) is 151 Å². The Balaban J connectivity index is 1.76. The van der Waals surface area contributed by atoms with Gasteiger partial charge in [0.2, 0.25) is 11.8 Å². The summed E-state index contributed by atoms with van der Waals surface area (Å²) in [7, 11) is 4.25. The molecule has 47 heavy (non-hydrogen) atoms. The predicted molar refractivity (Wildman–Crippen MR) is 172 cm³/mol. The van der Waals surface area contributed by atoms with Gasteiger partial charge in [0.15, 0.2) is 11.5 Å². The Bertz CT molecular complexity index is 1570. The monoisotopic (exact) mass is 647 g/mol. The quantitative estimate of drug-likeness (QED) is 0.266. The van der Waals surface area contributed by atoms with Crippen molar-refractivity contribution in [2.75, 3.05) is 21.3 Å². The lowest BCUT2D eigenvalue weighted by Gasteiger charge is -2.27. The second kappa shape index (κ2) is 15.4. The van der Waals surface area contributed by atoms with Gasteiger partial charge in [-0.05, 0) is 80.3 Å². The summed E-state index contributed by atoms with van der Waals surface area (Å²) in [5, 5.41) is 8.34. The van der Waals surface area contributed by atoms with Gasteiger partial charge in [-0.15, -0.1) is 0 Å². The molecule has 0 aromatic heterocycles. The molecule has 2 heterocycles. The van der Waals surface area contributed by atoms with E-state index in [-0.39, 0.29) is 19.3 Å². The highest BCUT2D eigenvalue weighted by atomic mass is 16.6. The second-order valence-corrected chi connectivity index (χ2v) is 12.0. The lowest BCUT2D eigenvalue weighted by Crippen LogP contribution is -2.57. The van der Waals surface area contributed by atoms with Crippen molar-refractivity contribution < 1.29 is 42.9 Å². The molecular formula is C35H41N3O9. The molecule has 3 N–H and O–H groups in total. The van der Waals surface area contributed by atoms with E-state index >= 15 is 0 Å². The van der Waals surface area contributed by atoms with E-state index in [0.29, 0.717) is 28.6 Å². The number of amides is 3.